The van der Waals surface area contributed by atoms with Crippen LogP contribution in [0, 0.1) is 0 Å². The number of nitrogens with zero attached hydrogens (tertiary/aromatic N) is 2. The minimum Gasteiger partial charge on any atom is -0.271 e. The van der Waals surface area contributed by atoms with Crippen molar-refractivity contribution < 1.29 is 0 Å². The molecular weight excluding hydrogens is 292 g/mol. The van der Waals surface area contributed by atoms with Crippen molar-refractivity contribution in [2.24, 2.45) is 12.9 Å². The molecule has 3 N–H and O–H groups in total. The number of rotatable bonds is 8. The molecule has 104 valence electrons. The molecule has 1 rings (SSSR count). The van der Waals surface area contributed by atoms with Gasteiger partial charge in [-0.2, -0.15) is 5.10 Å². The lowest BCUT2D eigenvalue weighted by atomic mass is 10.0. The Labute approximate surface area is 118 Å². The molecule has 0 saturated heterocycles. The van der Waals surface area contributed by atoms with Gasteiger partial charge in [-0.05, 0) is 28.8 Å². The maximum Gasteiger partial charge on any atom is 0.0766 e. The summed E-state index contributed by atoms with van der Waals surface area (Å²) in [6.07, 6.45) is 6.72. The van der Waals surface area contributed by atoms with Crippen LogP contribution < -0.4 is 11.3 Å². The Morgan fingerprint density at radius 2 is 2.11 bits per heavy atom. The zero-order chi connectivity index (χ0) is 13.5. The lowest BCUT2D eigenvalue weighted by Crippen LogP contribution is -2.37. The van der Waals surface area contributed by atoms with Crippen LogP contribution in [0.2, 0.25) is 0 Å². The number of nitrogens with two attached hydrogens (primary N) is 1. The zero-order valence-corrected chi connectivity index (χ0v) is 13.3. The van der Waals surface area contributed by atoms with Gasteiger partial charge in [0.25, 0.3) is 0 Å². The average Bonchev–Trinajstić information content (AvgIpc) is 2.64. The van der Waals surface area contributed by atoms with Gasteiger partial charge in [0, 0.05) is 19.5 Å². The minimum absolute atomic E-state index is 0.327. The van der Waals surface area contributed by atoms with E-state index in [0.29, 0.717) is 6.04 Å². The lowest BCUT2D eigenvalue weighted by molar-refractivity contribution is 0.455. The van der Waals surface area contributed by atoms with E-state index in [1.54, 1.807) is 0 Å². The minimum atomic E-state index is 0.327. The number of hydrazine groups is 1. The first-order valence-electron chi connectivity index (χ1n) is 6.80. The summed E-state index contributed by atoms with van der Waals surface area (Å²) in [5, 5.41) is 4.51. The van der Waals surface area contributed by atoms with Crippen LogP contribution in [0.15, 0.2) is 4.47 Å². The van der Waals surface area contributed by atoms with Gasteiger partial charge in [0.1, 0.15) is 0 Å². The molecule has 4 nitrogen and oxygen atoms in total. The van der Waals surface area contributed by atoms with E-state index in [9.17, 15) is 0 Å². The normalized spacial score (nSPS) is 12.9. The molecule has 1 aromatic rings. The first kappa shape index (κ1) is 15.7. The Morgan fingerprint density at radius 3 is 2.61 bits per heavy atom. The van der Waals surface area contributed by atoms with Crippen LogP contribution in [-0.4, -0.2) is 15.8 Å². The van der Waals surface area contributed by atoms with Gasteiger partial charge in [-0.1, -0.05) is 33.1 Å². The van der Waals surface area contributed by atoms with Crippen LogP contribution in [0.25, 0.3) is 0 Å². The van der Waals surface area contributed by atoms with Gasteiger partial charge in [0.15, 0.2) is 0 Å². The van der Waals surface area contributed by atoms with Gasteiger partial charge in [-0.15, -0.1) is 0 Å². The fraction of sp³-hybridized carbons (Fsp3) is 0.769. The van der Waals surface area contributed by atoms with Gasteiger partial charge < -0.3 is 0 Å². The Hall–Kier alpha value is -0.390. The van der Waals surface area contributed by atoms with Crippen molar-refractivity contribution in [3.63, 3.8) is 0 Å². The third kappa shape index (κ3) is 4.07. The van der Waals surface area contributed by atoms with Crippen molar-refractivity contribution in [1.82, 2.24) is 15.2 Å². The number of aryl methyl sites for hydroxylation is 2. The summed E-state index contributed by atoms with van der Waals surface area (Å²) in [7, 11) is 2.00. The van der Waals surface area contributed by atoms with E-state index in [1.807, 2.05) is 11.7 Å². The molecule has 18 heavy (non-hydrogen) atoms. The summed E-state index contributed by atoms with van der Waals surface area (Å²) in [5.41, 5.74) is 5.28. The first-order chi connectivity index (χ1) is 8.63. The van der Waals surface area contributed by atoms with Gasteiger partial charge >= 0.3 is 0 Å². The molecule has 0 aliphatic rings. The second kappa shape index (κ2) is 7.92. The smallest absolute Gasteiger partial charge is 0.0766 e. The van der Waals surface area contributed by atoms with Crippen molar-refractivity contribution in [3.8, 4) is 0 Å². The highest BCUT2D eigenvalue weighted by Crippen LogP contribution is 2.23. The topological polar surface area (TPSA) is 55.9 Å². The van der Waals surface area contributed by atoms with Gasteiger partial charge in [-0.25, -0.2) is 0 Å². The van der Waals surface area contributed by atoms with E-state index in [2.05, 4.69) is 40.3 Å². The molecule has 5 heteroatoms. The number of unbranched alkanes of at least 4 members (excludes halogenated alkanes) is 2. The highest BCUT2D eigenvalue weighted by atomic mass is 79.9. The summed E-state index contributed by atoms with van der Waals surface area (Å²) in [6, 6.07) is 0.327. The van der Waals surface area contributed by atoms with Crippen molar-refractivity contribution in [1.29, 1.82) is 0 Å². The highest BCUT2D eigenvalue weighted by Gasteiger charge is 2.16. The fourth-order valence-electron chi connectivity index (χ4n) is 2.16. The van der Waals surface area contributed by atoms with Crippen molar-refractivity contribution in [2.75, 3.05) is 0 Å². The molecular formula is C13H25BrN4. The van der Waals surface area contributed by atoms with Crippen LogP contribution in [0.5, 0.6) is 0 Å². The van der Waals surface area contributed by atoms with E-state index in [0.717, 1.165) is 29.4 Å². The molecule has 0 amide bonds. The van der Waals surface area contributed by atoms with Gasteiger partial charge in [0.05, 0.1) is 15.9 Å². The van der Waals surface area contributed by atoms with Crippen LogP contribution in [-0.2, 0) is 19.9 Å². The molecule has 0 bridgehead atoms. The van der Waals surface area contributed by atoms with Crippen LogP contribution in [0.4, 0.5) is 0 Å². The average molecular weight is 317 g/mol. The van der Waals surface area contributed by atoms with Crippen LogP contribution >= 0.6 is 15.9 Å². The second-order valence-corrected chi connectivity index (χ2v) is 5.54. The summed E-state index contributed by atoms with van der Waals surface area (Å²) >= 11 is 3.65. The number of halogens is 1. The number of aromatic nitrogens is 2. The van der Waals surface area contributed by atoms with Crippen LogP contribution in [0.3, 0.4) is 0 Å². The summed E-state index contributed by atoms with van der Waals surface area (Å²) in [4.78, 5) is 0. The molecule has 0 saturated carbocycles. The standard InChI is InChI=1S/C13H25BrN4/c1-4-6-7-8-10(16-15)9-12-13(14)11(5-2)17-18(12)3/h10,16H,4-9,15H2,1-3H3. The van der Waals surface area contributed by atoms with E-state index < -0.39 is 0 Å². The molecule has 1 heterocycles. The van der Waals surface area contributed by atoms with Crippen molar-refractivity contribution in [2.45, 2.75) is 58.4 Å². The summed E-state index contributed by atoms with van der Waals surface area (Å²) < 4.78 is 3.11. The molecule has 1 atom stereocenters. The highest BCUT2D eigenvalue weighted by molar-refractivity contribution is 9.10. The predicted molar refractivity (Wildman–Crippen MR) is 79.2 cm³/mol. The molecule has 0 fully saturated rings. The predicted octanol–water partition coefficient (Wildman–Crippen LogP) is 2.70. The molecule has 0 aromatic carbocycles. The molecule has 1 aromatic heterocycles. The molecule has 1 unspecified atom stereocenters. The largest absolute Gasteiger partial charge is 0.271 e. The monoisotopic (exact) mass is 316 g/mol. The van der Waals surface area contributed by atoms with E-state index >= 15 is 0 Å². The Kier molecular flexibility index (Phi) is 6.89. The lowest BCUT2D eigenvalue weighted by Gasteiger charge is -2.16. The molecule has 0 radical (unpaired) electrons. The van der Waals surface area contributed by atoms with Crippen molar-refractivity contribution >= 4 is 15.9 Å². The molecule has 0 spiro atoms. The number of hydrogen-bond donors (Lipinski definition) is 2. The van der Waals surface area contributed by atoms with Crippen molar-refractivity contribution in [3.05, 3.63) is 15.9 Å². The Bertz CT molecular complexity index is 362. The van der Waals surface area contributed by atoms with Gasteiger partial charge in [0.2, 0.25) is 0 Å². The summed E-state index contributed by atoms with van der Waals surface area (Å²) in [5.74, 6) is 5.65. The molecule has 0 aliphatic heterocycles. The maximum absolute atomic E-state index is 5.65. The fourth-order valence-corrected chi connectivity index (χ4v) is 2.94. The first-order valence-corrected chi connectivity index (χ1v) is 7.59. The SMILES string of the molecule is CCCCCC(Cc1c(Br)c(CC)nn1C)NN. The quantitative estimate of drug-likeness (QED) is 0.440. The third-order valence-corrected chi connectivity index (χ3v) is 4.25. The van der Waals surface area contributed by atoms with E-state index in [4.69, 9.17) is 5.84 Å². The van der Waals surface area contributed by atoms with Gasteiger partial charge in [-0.3, -0.25) is 16.0 Å². The van der Waals surface area contributed by atoms with E-state index in [1.165, 1.54) is 25.0 Å². The third-order valence-electron chi connectivity index (χ3n) is 3.33. The summed E-state index contributed by atoms with van der Waals surface area (Å²) in [6.45, 7) is 4.34. The molecule has 0 aliphatic carbocycles. The zero-order valence-electron chi connectivity index (χ0n) is 11.7. The van der Waals surface area contributed by atoms with Crippen LogP contribution in [0.1, 0.15) is 50.9 Å². The number of hydrogen-bond acceptors (Lipinski definition) is 3. The second-order valence-electron chi connectivity index (χ2n) is 4.75. The van der Waals surface area contributed by atoms with E-state index in [-0.39, 0.29) is 0 Å². The number of nitrogens with one attached hydrogen (secondary N) is 1. The Balaban J connectivity index is 2.66. The Morgan fingerprint density at radius 1 is 1.39 bits per heavy atom. The maximum atomic E-state index is 5.65.